The second-order valence-corrected chi connectivity index (χ2v) is 7.83. The van der Waals surface area contributed by atoms with E-state index in [9.17, 15) is 4.79 Å². The maximum Gasteiger partial charge on any atom is 0.253 e. The molecule has 1 amide bonds. The van der Waals surface area contributed by atoms with Crippen LogP contribution in [0, 0.1) is 6.92 Å². The lowest BCUT2D eigenvalue weighted by Crippen LogP contribution is -2.31. The highest BCUT2D eigenvalue weighted by Gasteiger charge is 2.24. The van der Waals surface area contributed by atoms with Gasteiger partial charge in [-0.25, -0.2) is 0 Å². The Labute approximate surface area is 168 Å². The van der Waals surface area contributed by atoms with E-state index in [1.807, 2.05) is 31.0 Å². The van der Waals surface area contributed by atoms with Crippen LogP contribution in [0.25, 0.3) is 0 Å². The summed E-state index contributed by atoms with van der Waals surface area (Å²) in [5, 5.41) is 0. The second kappa shape index (κ2) is 9.71. The molecule has 2 atom stereocenters. The van der Waals surface area contributed by atoms with E-state index in [-0.39, 0.29) is 5.91 Å². The van der Waals surface area contributed by atoms with Crippen LogP contribution in [0.3, 0.4) is 0 Å². The SMILES string of the molecule is Cc1ccc(N)cc1C(=O)N(C)CCCCCC1CC(c2ccccc2)NN1. The molecule has 4 N–H and O–H groups in total. The number of nitrogens with one attached hydrogen (secondary N) is 2. The monoisotopic (exact) mass is 380 g/mol. The number of unbranched alkanes of at least 4 members (excludes halogenated alkanes) is 2. The molecule has 2 unspecified atom stereocenters. The summed E-state index contributed by atoms with van der Waals surface area (Å²) < 4.78 is 0. The third kappa shape index (κ3) is 5.33. The van der Waals surface area contributed by atoms with E-state index in [1.165, 1.54) is 12.0 Å². The van der Waals surface area contributed by atoms with Crippen LogP contribution < -0.4 is 16.6 Å². The van der Waals surface area contributed by atoms with Gasteiger partial charge in [0.05, 0.1) is 0 Å². The predicted octanol–water partition coefficient (Wildman–Crippen LogP) is 3.82. The van der Waals surface area contributed by atoms with Crippen molar-refractivity contribution in [1.29, 1.82) is 0 Å². The minimum atomic E-state index is 0.0529. The molecule has 0 radical (unpaired) electrons. The first-order valence-electron chi connectivity index (χ1n) is 10.2. The van der Waals surface area contributed by atoms with Gasteiger partial charge in [-0.05, 0) is 49.4 Å². The number of hydrogen-bond acceptors (Lipinski definition) is 4. The van der Waals surface area contributed by atoms with Crippen molar-refractivity contribution in [3.05, 3.63) is 65.2 Å². The van der Waals surface area contributed by atoms with Gasteiger partial charge in [0.15, 0.2) is 0 Å². The number of carbonyl (C=O) groups excluding carboxylic acids is 1. The number of benzene rings is 2. The lowest BCUT2D eigenvalue weighted by Gasteiger charge is -2.19. The average Bonchev–Trinajstić information content (AvgIpc) is 3.18. The predicted molar refractivity (Wildman–Crippen MR) is 115 cm³/mol. The molecule has 0 aliphatic carbocycles. The molecule has 1 fully saturated rings. The molecule has 5 heteroatoms. The largest absolute Gasteiger partial charge is 0.399 e. The molecule has 150 valence electrons. The zero-order valence-electron chi connectivity index (χ0n) is 16.9. The molecule has 0 aromatic heterocycles. The maximum absolute atomic E-state index is 12.6. The molecule has 28 heavy (non-hydrogen) atoms. The fourth-order valence-electron chi connectivity index (χ4n) is 3.81. The number of nitrogens with two attached hydrogens (primary N) is 1. The Bertz CT molecular complexity index is 777. The average molecular weight is 381 g/mol. The van der Waals surface area contributed by atoms with Crippen LogP contribution in [0.2, 0.25) is 0 Å². The first-order valence-corrected chi connectivity index (χ1v) is 10.2. The number of aryl methyl sites for hydroxylation is 1. The van der Waals surface area contributed by atoms with Gasteiger partial charge in [-0.1, -0.05) is 49.2 Å². The van der Waals surface area contributed by atoms with Gasteiger partial charge in [0.2, 0.25) is 0 Å². The number of rotatable bonds is 8. The molecule has 1 saturated heterocycles. The summed E-state index contributed by atoms with van der Waals surface area (Å²) in [6.07, 6.45) is 5.59. The van der Waals surface area contributed by atoms with Gasteiger partial charge < -0.3 is 10.6 Å². The van der Waals surface area contributed by atoms with Gasteiger partial charge in [0, 0.05) is 36.9 Å². The first-order chi connectivity index (χ1) is 13.5. The summed E-state index contributed by atoms with van der Waals surface area (Å²) in [5.74, 6) is 0.0529. The Kier molecular flexibility index (Phi) is 7.06. The highest BCUT2D eigenvalue weighted by Crippen LogP contribution is 2.24. The van der Waals surface area contributed by atoms with Crippen molar-refractivity contribution in [2.75, 3.05) is 19.3 Å². The highest BCUT2D eigenvalue weighted by atomic mass is 16.2. The van der Waals surface area contributed by atoms with Crippen LogP contribution >= 0.6 is 0 Å². The molecule has 1 heterocycles. The molecule has 2 aromatic carbocycles. The first kappa shape index (κ1) is 20.4. The Balaban J connectivity index is 1.35. The van der Waals surface area contributed by atoms with Crippen molar-refractivity contribution in [1.82, 2.24) is 15.8 Å². The summed E-state index contributed by atoms with van der Waals surface area (Å²) >= 11 is 0. The van der Waals surface area contributed by atoms with Crippen molar-refractivity contribution in [3.8, 4) is 0 Å². The van der Waals surface area contributed by atoms with Crippen LogP contribution in [0.5, 0.6) is 0 Å². The lowest BCUT2D eigenvalue weighted by atomic mass is 9.99. The molecule has 0 saturated carbocycles. The molecule has 1 aliphatic rings. The van der Waals surface area contributed by atoms with Gasteiger partial charge in [0.25, 0.3) is 5.91 Å². The second-order valence-electron chi connectivity index (χ2n) is 7.83. The molecule has 0 spiro atoms. The van der Waals surface area contributed by atoms with Crippen molar-refractivity contribution in [3.63, 3.8) is 0 Å². The Hall–Kier alpha value is -2.37. The number of nitrogens with zero attached hydrogens (tertiary/aromatic N) is 1. The van der Waals surface area contributed by atoms with Crippen LogP contribution in [0.15, 0.2) is 48.5 Å². The minimum Gasteiger partial charge on any atom is -0.399 e. The van der Waals surface area contributed by atoms with Crippen molar-refractivity contribution < 1.29 is 4.79 Å². The number of anilines is 1. The van der Waals surface area contributed by atoms with Gasteiger partial charge >= 0.3 is 0 Å². The fraction of sp³-hybridized carbons (Fsp3) is 0.435. The van der Waals surface area contributed by atoms with E-state index < -0.39 is 0 Å². The number of amides is 1. The molecule has 2 aromatic rings. The van der Waals surface area contributed by atoms with Gasteiger partial charge in [-0.2, -0.15) is 0 Å². The number of hydrazine groups is 1. The summed E-state index contributed by atoms with van der Waals surface area (Å²) in [7, 11) is 1.87. The topological polar surface area (TPSA) is 70.4 Å². The molecular formula is C23H32N4O. The minimum absolute atomic E-state index is 0.0529. The smallest absolute Gasteiger partial charge is 0.253 e. The summed E-state index contributed by atoms with van der Waals surface area (Å²) in [6, 6.07) is 17.0. The van der Waals surface area contributed by atoms with Crippen molar-refractivity contribution >= 4 is 11.6 Å². The van der Waals surface area contributed by atoms with Crippen LogP contribution in [0.1, 0.15) is 59.6 Å². The Morgan fingerprint density at radius 2 is 1.89 bits per heavy atom. The maximum atomic E-state index is 12.6. The summed E-state index contributed by atoms with van der Waals surface area (Å²) in [4.78, 5) is 14.4. The number of carbonyl (C=O) groups is 1. The Morgan fingerprint density at radius 3 is 2.68 bits per heavy atom. The molecule has 5 nitrogen and oxygen atoms in total. The van der Waals surface area contributed by atoms with E-state index in [4.69, 9.17) is 5.73 Å². The zero-order chi connectivity index (χ0) is 19.9. The normalized spacial score (nSPS) is 18.9. The van der Waals surface area contributed by atoms with Crippen molar-refractivity contribution in [2.45, 2.75) is 51.1 Å². The summed E-state index contributed by atoms with van der Waals surface area (Å²) in [6.45, 7) is 2.72. The summed E-state index contributed by atoms with van der Waals surface area (Å²) in [5.41, 5.74) is 16.3. The van der Waals surface area contributed by atoms with Gasteiger partial charge in [0.1, 0.15) is 0 Å². The third-order valence-electron chi connectivity index (χ3n) is 5.57. The van der Waals surface area contributed by atoms with Gasteiger partial charge in [-0.3, -0.25) is 15.6 Å². The highest BCUT2D eigenvalue weighted by molar-refractivity contribution is 5.96. The van der Waals surface area contributed by atoms with Crippen LogP contribution in [-0.2, 0) is 0 Å². The fourth-order valence-corrected chi connectivity index (χ4v) is 3.81. The third-order valence-corrected chi connectivity index (χ3v) is 5.57. The number of hydrogen-bond donors (Lipinski definition) is 3. The lowest BCUT2D eigenvalue weighted by molar-refractivity contribution is 0.0791. The van der Waals surface area contributed by atoms with E-state index >= 15 is 0 Å². The van der Waals surface area contributed by atoms with Crippen molar-refractivity contribution in [2.24, 2.45) is 0 Å². The quantitative estimate of drug-likeness (QED) is 0.481. The Morgan fingerprint density at radius 1 is 1.11 bits per heavy atom. The molecule has 0 bridgehead atoms. The molecule has 1 aliphatic heterocycles. The van der Waals surface area contributed by atoms with Crippen LogP contribution in [0.4, 0.5) is 5.69 Å². The van der Waals surface area contributed by atoms with E-state index in [0.717, 1.165) is 37.8 Å². The van der Waals surface area contributed by atoms with E-state index in [1.54, 1.807) is 6.07 Å². The van der Waals surface area contributed by atoms with E-state index in [0.29, 0.717) is 23.3 Å². The number of nitrogen functional groups attached to an aromatic ring is 1. The standard InChI is InChI=1S/C23H32N4O/c1-17-12-13-19(24)15-21(17)23(28)27(2)14-8-4-7-11-20-16-22(26-25-20)18-9-5-3-6-10-18/h3,5-6,9-10,12-13,15,20,22,25-26H,4,7-8,11,14,16,24H2,1-2H3. The molecular weight excluding hydrogens is 348 g/mol. The zero-order valence-corrected chi connectivity index (χ0v) is 16.9. The van der Waals surface area contributed by atoms with E-state index in [2.05, 4.69) is 41.2 Å². The van der Waals surface area contributed by atoms with Gasteiger partial charge in [-0.15, -0.1) is 0 Å². The van der Waals surface area contributed by atoms with Crippen LogP contribution in [-0.4, -0.2) is 30.4 Å². The molecule has 3 rings (SSSR count).